The highest BCUT2D eigenvalue weighted by atomic mass is 19.1. The number of nitrogens with zero attached hydrogens (tertiary/aromatic N) is 3. The molecule has 2 rings (SSSR count). The third-order valence-corrected chi connectivity index (χ3v) is 3.30. The number of rotatable bonds is 3. The molecule has 0 fully saturated rings. The highest BCUT2D eigenvalue weighted by molar-refractivity contribution is 6.01. The Balaban J connectivity index is 0.00000127. The van der Waals surface area contributed by atoms with Crippen molar-refractivity contribution in [3.63, 3.8) is 0 Å². The van der Waals surface area contributed by atoms with Crippen LogP contribution in [0.1, 0.15) is 38.8 Å². The fourth-order valence-corrected chi connectivity index (χ4v) is 2.31. The van der Waals surface area contributed by atoms with Gasteiger partial charge in [-0.05, 0) is 26.3 Å². The van der Waals surface area contributed by atoms with Gasteiger partial charge in [0.25, 0.3) is 0 Å². The van der Waals surface area contributed by atoms with Gasteiger partial charge in [0.05, 0.1) is 5.56 Å². The van der Waals surface area contributed by atoms with Gasteiger partial charge in [-0.1, -0.05) is 19.9 Å². The first-order chi connectivity index (χ1) is 11.0. The van der Waals surface area contributed by atoms with Crippen LogP contribution < -0.4 is 0 Å². The molecule has 0 saturated carbocycles. The Hall–Kier alpha value is -2.30. The van der Waals surface area contributed by atoms with Crippen LogP contribution in [0.4, 0.5) is 8.78 Å². The highest BCUT2D eigenvalue weighted by Crippen LogP contribution is 2.29. The van der Waals surface area contributed by atoms with Crippen LogP contribution in [0.3, 0.4) is 0 Å². The zero-order chi connectivity index (χ0) is 17.6. The minimum absolute atomic E-state index is 0.300. The summed E-state index contributed by atoms with van der Waals surface area (Å²) in [5.74, 6) is -0.777. The number of aromatic nitrogens is 2. The van der Waals surface area contributed by atoms with Gasteiger partial charge < -0.3 is 4.57 Å². The molecule has 0 amide bonds. The molecule has 2 aromatic rings. The summed E-state index contributed by atoms with van der Waals surface area (Å²) in [7, 11) is 1.77. The lowest BCUT2D eigenvalue weighted by molar-refractivity contribution is 0.580. The van der Waals surface area contributed by atoms with Gasteiger partial charge in [-0.3, -0.25) is 4.99 Å². The minimum Gasteiger partial charge on any atom is -0.334 e. The molecule has 0 unspecified atom stereocenters. The van der Waals surface area contributed by atoms with E-state index in [2.05, 4.69) is 9.98 Å². The summed E-state index contributed by atoms with van der Waals surface area (Å²) >= 11 is 0. The van der Waals surface area contributed by atoms with Gasteiger partial charge in [-0.25, -0.2) is 13.8 Å². The van der Waals surface area contributed by atoms with E-state index in [1.54, 1.807) is 50.1 Å². The van der Waals surface area contributed by atoms with E-state index in [-0.39, 0.29) is 0 Å². The van der Waals surface area contributed by atoms with Crippen LogP contribution in [-0.2, 0) is 7.05 Å². The Morgan fingerprint density at radius 1 is 1.26 bits per heavy atom. The molecular weight excluding hydrogens is 296 g/mol. The van der Waals surface area contributed by atoms with E-state index in [1.165, 1.54) is 0 Å². The van der Waals surface area contributed by atoms with Crippen molar-refractivity contribution in [2.75, 3.05) is 0 Å². The fourth-order valence-electron chi connectivity index (χ4n) is 2.31. The third-order valence-electron chi connectivity index (χ3n) is 3.30. The number of benzene rings is 1. The van der Waals surface area contributed by atoms with Gasteiger partial charge in [0.1, 0.15) is 17.5 Å². The summed E-state index contributed by atoms with van der Waals surface area (Å²) in [6.45, 7) is 9.20. The summed E-state index contributed by atoms with van der Waals surface area (Å²) in [5.41, 5.74) is 1.60. The molecule has 0 bridgehead atoms. The molecule has 0 saturated heterocycles. The maximum absolute atomic E-state index is 14.2. The number of halogens is 2. The summed E-state index contributed by atoms with van der Waals surface area (Å²) in [4.78, 5) is 8.30. The van der Waals surface area contributed by atoms with Crippen molar-refractivity contribution in [3.05, 3.63) is 53.5 Å². The second-order valence-electron chi connectivity index (χ2n) is 4.77. The SMILES string of the molecule is C/C=C\N=C(C)c1c(F)cc(F)c(-c2nccn2C)c1C.CC. The second kappa shape index (κ2) is 8.36. The van der Waals surface area contributed by atoms with Gasteiger partial charge in [0.2, 0.25) is 0 Å². The number of aliphatic imine (C=N–C) groups is 1. The second-order valence-corrected chi connectivity index (χ2v) is 4.77. The zero-order valence-electron chi connectivity index (χ0n) is 14.5. The summed E-state index contributed by atoms with van der Waals surface area (Å²) in [5, 5.41) is 0. The molecule has 0 aliphatic carbocycles. The van der Waals surface area contributed by atoms with E-state index in [0.717, 1.165) is 6.07 Å². The van der Waals surface area contributed by atoms with Gasteiger partial charge in [0, 0.05) is 43.0 Å². The van der Waals surface area contributed by atoms with E-state index in [0.29, 0.717) is 28.2 Å². The molecule has 23 heavy (non-hydrogen) atoms. The number of hydrogen-bond donors (Lipinski definition) is 0. The first kappa shape index (κ1) is 18.7. The first-order valence-corrected chi connectivity index (χ1v) is 7.59. The van der Waals surface area contributed by atoms with Crippen molar-refractivity contribution in [1.82, 2.24) is 9.55 Å². The smallest absolute Gasteiger partial charge is 0.142 e. The van der Waals surface area contributed by atoms with Gasteiger partial charge in [-0.15, -0.1) is 0 Å². The summed E-state index contributed by atoms with van der Waals surface area (Å²) < 4.78 is 30.0. The molecule has 0 aliphatic rings. The Kier molecular flexibility index (Phi) is 6.82. The van der Waals surface area contributed by atoms with Crippen molar-refractivity contribution < 1.29 is 8.78 Å². The molecule has 0 atom stereocenters. The number of imidazole rings is 1. The Bertz CT molecular complexity index is 728. The molecular formula is C18H23F2N3. The van der Waals surface area contributed by atoms with Crippen LogP contribution in [0.15, 0.2) is 35.7 Å². The van der Waals surface area contributed by atoms with Crippen molar-refractivity contribution in [1.29, 1.82) is 0 Å². The molecule has 1 aromatic carbocycles. The normalized spacial score (nSPS) is 11.6. The molecule has 3 nitrogen and oxygen atoms in total. The van der Waals surface area contributed by atoms with Crippen molar-refractivity contribution >= 4 is 5.71 Å². The minimum atomic E-state index is -0.623. The maximum Gasteiger partial charge on any atom is 0.142 e. The Morgan fingerprint density at radius 2 is 1.91 bits per heavy atom. The lowest BCUT2D eigenvalue weighted by atomic mass is 9.97. The predicted octanol–water partition coefficient (Wildman–Crippen LogP) is 5.04. The van der Waals surface area contributed by atoms with Crippen LogP contribution in [-0.4, -0.2) is 15.3 Å². The van der Waals surface area contributed by atoms with E-state index in [9.17, 15) is 8.78 Å². The van der Waals surface area contributed by atoms with Crippen LogP contribution in [0.25, 0.3) is 11.4 Å². The van der Waals surface area contributed by atoms with E-state index < -0.39 is 11.6 Å². The zero-order valence-corrected chi connectivity index (χ0v) is 14.5. The lowest BCUT2D eigenvalue weighted by Crippen LogP contribution is -2.07. The molecule has 0 N–H and O–H groups in total. The van der Waals surface area contributed by atoms with Crippen LogP contribution in [0, 0.1) is 18.6 Å². The quantitative estimate of drug-likeness (QED) is 0.729. The van der Waals surface area contributed by atoms with Gasteiger partial charge in [0.15, 0.2) is 0 Å². The summed E-state index contributed by atoms with van der Waals surface area (Å²) in [6, 6.07) is 0.890. The molecule has 0 aliphatic heterocycles. The largest absolute Gasteiger partial charge is 0.334 e. The predicted molar refractivity (Wildman–Crippen MR) is 91.7 cm³/mol. The number of hydrogen-bond acceptors (Lipinski definition) is 2. The van der Waals surface area contributed by atoms with Crippen molar-refractivity contribution in [2.45, 2.75) is 34.6 Å². The van der Waals surface area contributed by atoms with E-state index >= 15 is 0 Å². The number of aryl methyl sites for hydroxylation is 1. The third kappa shape index (κ3) is 3.92. The van der Waals surface area contributed by atoms with Crippen molar-refractivity contribution in [2.24, 2.45) is 12.0 Å². The maximum atomic E-state index is 14.2. The van der Waals surface area contributed by atoms with E-state index in [1.807, 2.05) is 20.8 Å². The van der Waals surface area contributed by atoms with Crippen LogP contribution in [0.2, 0.25) is 0 Å². The van der Waals surface area contributed by atoms with Gasteiger partial charge in [-0.2, -0.15) is 0 Å². The first-order valence-electron chi connectivity index (χ1n) is 7.59. The molecule has 1 heterocycles. The Labute approximate surface area is 136 Å². The molecule has 5 heteroatoms. The molecule has 0 spiro atoms. The van der Waals surface area contributed by atoms with Crippen LogP contribution in [0.5, 0.6) is 0 Å². The monoisotopic (exact) mass is 319 g/mol. The average molecular weight is 319 g/mol. The van der Waals surface area contributed by atoms with Gasteiger partial charge >= 0.3 is 0 Å². The van der Waals surface area contributed by atoms with E-state index in [4.69, 9.17) is 0 Å². The van der Waals surface area contributed by atoms with Crippen LogP contribution >= 0.6 is 0 Å². The standard InChI is InChI=1S/C16H17F2N3.C2H6/c1-5-6-19-11(3)14-10(2)15(13(18)9-12(14)17)16-20-7-8-21(16)4;1-2/h5-9H,1-4H3;1-2H3/b6-5-,19-11?;. The molecule has 124 valence electrons. The topological polar surface area (TPSA) is 30.2 Å². The molecule has 1 aromatic heterocycles. The average Bonchev–Trinajstić information content (AvgIpc) is 2.93. The molecule has 0 radical (unpaired) electrons. The highest BCUT2D eigenvalue weighted by Gasteiger charge is 2.20. The lowest BCUT2D eigenvalue weighted by Gasteiger charge is -2.13. The van der Waals surface area contributed by atoms with Crippen molar-refractivity contribution in [3.8, 4) is 11.4 Å². The fraction of sp³-hybridized carbons (Fsp3) is 0.333. The Morgan fingerprint density at radius 3 is 2.43 bits per heavy atom. The summed E-state index contributed by atoms with van der Waals surface area (Å²) in [6.07, 6.45) is 6.63. The number of allylic oxidation sites excluding steroid dienone is 1.